The standard InChI is InChI=1S/C17H17N3O5S/c1-19-16(22)12(20(17(19)26)10-15(21)24-3)8-11-4-5-13(25-7-6-18)14(9-11)23-2/h4-5,8-9H,7,10H2,1-3H3/b12-8-. The second-order valence-electron chi connectivity index (χ2n) is 5.20. The minimum atomic E-state index is -0.515. The summed E-state index contributed by atoms with van der Waals surface area (Å²) in [5.74, 6) is -0.0228. The summed E-state index contributed by atoms with van der Waals surface area (Å²) in [5, 5.41) is 8.83. The first-order valence-electron chi connectivity index (χ1n) is 7.48. The molecule has 8 nitrogen and oxygen atoms in total. The van der Waals surface area contributed by atoms with E-state index in [1.807, 2.05) is 6.07 Å². The first kappa shape index (κ1) is 19.2. The molecular weight excluding hydrogens is 358 g/mol. The fourth-order valence-electron chi connectivity index (χ4n) is 2.31. The highest BCUT2D eigenvalue weighted by atomic mass is 32.1. The number of benzene rings is 1. The van der Waals surface area contributed by atoms with Crippen molar-refractivity contribution in [2.75, 3.05) is 34.4 Å². The van der Waals surface area contributed by atoms with E-state index in [1.165, 1.54) is 31.1 Å². The van der Waals surface area contributed by atoms with Gasteiger partial charge in [-0.15, -0.1) is 0 Å². The van der Waals surface area contributed by atoms with Gasteiger partial charge in [-0.25, -0.2) is 0 Å². The van der Waals surface area contributed by atoms with Crippen LogP contribution in [0.25, 0.3) is 6.08 Å². The van der Waals surface area contributed by atoms with Crippen molar-refractivity contribution < 1.29 is 23.8 Å². The molecule has 0 N–H and O–H groups in total. The van der Waals surface area contributed by atoms with Gasteiger partial charge in [0.2, 0.25) is 0 Å². The number of methoxy groups -OCH3 is 2. The zero-order chi connectivity index (χ0) is 19.3. The van der Waals surface area contributed by atoms with Crippen molar-refractivity contribution in [3.05, 3.63) is 29.5 Å². The lowest BCUT2D eigenvalue weighted by Crippen LogP contribution is -2.33. The van der Waals surface area contributed by atoms with Gasteiger partial charge in [-0.2, -0.15) is 5.26 Å². The van der Waals surface area contributed by atoms with Gasteiger partial charge in [0, 0.05) is 7.05 Å². The highest BCUT2D eigenvalue weighted by Crippen LogP contribution is 2.30. The number of likely N-dealkylation sites (N-methyl/N-ethyl adjacent to an activating group) is 1. The van der Waals surface area contributed by atoms with Crippen molar-refractivity contribution in [3.8, 4) is 17.6 Å². The van der Waals surface area contributed by atoms with E-state index in [0.717, 1.165) is 0 Å². The number of amides is 1. The topological polar surface area (TPSA) is 92.1 Å². The number of nitrogens with zero attached hydrogens (tertiary/aromatic N) is 3. The molecule has 0 saturated carbocycles. The Morgan fingerprint density at radius 3 is 2.69 bits per heavy atom. The van der Waals surface area contributed by atoms with E-state index in [-0.39, 0.29) is 29.9 Å². The van der Waals surface area contributed by atoms with Crippen LogP contribution in [-0.2, 0) is 14.3 Å². The molecule has 1 aliphatic rings. The van der Waals surface area contributed by atoms with E-state index < -0.39 is 5.97 Å². The third-order valence-electron chi connectivity index (χ3n) is 3.63. The molecule has 0 aliphatic carbocycles. The minimum absolute atomic E-state index is 0.110. The van der Waals surface area contributed by atoms with Gasteiger partial charge in [0.15, 0.2) is 23.2 Å². The molecule has 9 heteroatoms. The third-order valence-corrected chi connectivity index (χ3v) is 4.12. The molecule has 1 aliphatic heterocycles. The maximum Gasteiger partial charge on any atom is 0.325 e. The first-order valence-corrected chi connectivity index (χ1v) is 7.89. The van der Waals surface area contributed by atoms with Crippen molar-refractivity contribution >= 4 is 35.3 Å². The second-order valence-corrected chi connectivity index (χ2v) is 5.56. The van der Waals surface area contributed by atoms with E-state index in [0.29, 0.717) is 17.1 Å². The van der Waals surface area contributed by atoms with Crippen molar-refractivity contribution in [3.63, 3.8) is 0 Å². The second kappa shape index (κ2) is 8.31. The number of nitriles is 1. The molecule has 1 aromatic carbocycles. The molecule has 26 heavy (non-hydrogen) atoms. The summed E-state index contributed by atoms with van der Waals surface area (Å²) in [5.41, 5.74) is 0.887. The van der Waals surface area contributed by atoms with Crippen LogP contribution in [0.1, 0.15) is 5.56 Å². The summed E-state index contributed by atoms with van der Waals surface area (Å²) >= 11 is 5.22. The zero-order valence-electron chi connectivity index (χ0n) is 14.5. The molecule has 0 unspecified atom stereocenters. The number of thiocarbonyl (C=S) groups is 1. The highest BCUT2D eigenvalue weighted by molar-refractivity contribution is 7.80. The summed E-state index contributed by atoms with van der Waals surface area (Å²) in [4.78, 5) is 26.8. The largest absolute Gasteiger partial charge is 0.493 e. The van der Waals surface area contributed by atoms with Gasteiger partial charge in [-0.1, -0.05) is 6.07 Å². The number of ether oxygens (including phenoxy) is 3. The summed E-state index contributed by atoms with van der Waals surface area (Å²) in [7, 11) is 4.27. The number of esters is 1. The Morgan fingerprint density at radius 2 is 2.08 bits per heavy atom. The van der Waals surface area contributed by atoms with E-state index in [9.17, 15) is 9.59 Å². The van der Waals surface area contributed by atoms with Crippen molar-refractivity contribution in [2.45, 2.75) is 0 Å². The van der Waals surface area contributed by atoms with E-state index >= 15 is 0 Å². The summed E-state index contributed by atoms with van der Waals surface area (Å²) in [6, 6.07) is 6.87. The van der Waals surface area contributed by atoms with Crippen LogP contribution in [0.3, 0.4) is 0 Å². The number of hydrogen-bond donors (Lipinski definition) is 0. The van der Waals surface area contributed by atoms with Crippen LogP contribution in [0, 0.1) is 11.3 Å². The molecule has 1 aromatic rings. The summed E-state index contributed by atoms with van der Waals surface area (Å²) in [6.07, 6.45) is 1.59. The Labute approximate surface area is 156 Å². The fraction of sp³-hybridized carbons (Fsp3) is 0.294. The van der Waals surface area contributed by atoms with E-state index in [2.05, 4.69) is 4.74 Å². The Morgan fingerprint density at radius 1 is 1.35 bits per heavy atom. The molecule has 0 radical (unpaired) electrons. The molecule has 0 aromatic heterocycles. The molecule has 0 bridgehead atoms. The maximum absolute atomic E-state index is 12.4. The molecular formula is C17H17N3O5S. The number of rotatable bonds is 6. The van der Waals surface area contributed by atoms with Crippen LogP contribution in [0.5, 0.6) is 11.5 Å². The van der Waals surface area contributed by atoms with Gasteiger partial charge < -0.3 is 19.1 Å². The molecule has 1 amide bonds. The summed E-state index contributed by atoms with van der Waals surface area (Å²) < 4.78 is 15.2. The third kappa shape index (κ3) is 3.92. The summed E-state index contributed by atoms with van der Waals surface area (Å²) in [6.45, 7) is -0.279. The lowest BCUT2D eigenvalue weighted by Gasteiger charge is -2.17. The average Bonchev–Trinajstić information content (AvgIpc) is 2.84. The van der Waals surface area contributed by atoms with Gasteiger partial charge in [0.05, 0.1) is 14.2 Å². The lowest BCUT2D eigenvalue weighted by molar-refractivity contribution is -0.140. The number of carbonyl (C=O) groups excluding carboxylic acids is 2. The monoisotopic (exact) mass is 375 g/mol. The molecule has 0 spiro atoms. The smallest absolute Gasteiger partial charge is 0.325 e. The molecule has 136 valence electrons. The van der Waals surface area contributed by atoms with Crippen molar-refractivity contribution in [2.24, 2.45) is 0 Å². The van der Waals surface area contributed by atoms with Gasteiger partial charge in [-0.05, 0) is 36.0 Å². The van der Waals surface area contributed by atoms with Crippen LogP contribution in [0.4, 0.5) is 0 Å². The van der Waals surface area contributed by atoms with Crippen LogP contribution < -0.4 is 9.47 Å². The first-order chi connectivity index (χ1) is 12.4. The van der Waals surface area contributed by atoms with Gasteiger partial charge >= 0.3 is 5.97 Å². The molecule has 0 atom stereocenters. The Balaban J connectivity index is 2.38. The van der Waals surface area contributed by atoms with Crippen molar-refractivity contribution in [1.82, 2.24) is 9.80 Å². The SMILES string of the molecule is COC(=O)CN1C(=S)N(C)C(=O)/C1=C/c1ccc(OCC#N)c(OC)c1. The average molecular weight is 375 g/mol. The predicted molar refractivity (Wildman–Crippen MR) is 96.2 cm³/mol. The molecule has 1 heterocycles. The van der Waals surface area contributed by atoms with Crippen LogP contribution in [0.2, 0.25) is 0 Å². The predicted octanol–water partition coefficient (Wildman–Crippen LogP) is 1.17. The van der Waals surface area contributed by atoms with Gasteiger partial charge in [0.1, 0.15) is 18.3 Å². The maximum atomic E-state index is 12.4. The lowest BCUT2D eigenvalue weighted by atomic mass is 10.1. The minimum Gasteiger partial charge on any atom is -0.493 e. The highest BCUT2D eigenvalue weighted by Gasteiger charge is 2.36. The van der Waals surface area contributed by atoms with E-state index in [4.69, 9.17) is 27.0 Å². The van der Waals surface area contributed by atoms with Gasteiger partial charge in [-0.3, -0.25) is 14.5 Å². The van der Waals surface area contributed by atoms with E-state index in [1.54, 1.807) is 24.3 Å². The number of hydrogen-bond acceptors (Lipinski definition) is 7. The Kier molecular flexibility index (Phi) is 6.14. The molecule has 1 saturated heterocycles. The zero-order valence-corrected chi connectivity index (χ0v) is 15.3. The van der Waals surface area contributed by atoms with Crippen LogP contribution >= 0.6 is 12.2 Å². The van der Waals surface area contributed by atoms with Crippen LogP contribution in [-0.4, -0.2) is 61.2 Å². The van der Waals surface area contributed by atoms with Crippen molar-refractivity contribution in [1.29, 1.82) is 5.26 Å². The quantitative estimate of drug-likeness (QED) is 0.416. The van der Waals surface area contributed by atoms with Gasteiger partial charge in [0.25, 0.3) is 5.91 Å². The molecule has 1 fully saturated rings. The fourth-order valence-corrected chi connectivity index (χ4v) is 2.55. The molecule has 2 rings (SSSR count). The Hall–Kier alpha value is -3.12. The van der Waals surface area contributed by atoms with Crippen LogP contribution in [0.15, 0.2) is 23.9 Å². The number of carbonyl (C=O) groups is 2. The normalized spacial score (nSPS) is 15.2. The Bertz CT molecular complexity index is 815.